The molecule has 1 aliphatic rings. The van der Waals surface area contributed by atoms with Gasteiger partial charge in [0.05, 0.1) is 6.54 Å². The predicted molar refractivity (Wildman–Crippen MR) is 111 cm³/mol. The number of hydrogen-bond acceptors (Lipinski definition) is 3. The number of piperidine rings is 1. The van der Waals surface area contributed by atoms with Crippen LogP contribution in [0, 0.1) is 5.92 Å². The summed E-state index contributed by atoms with van der Waals surface area (Å²) in [5, 5.41) is 6.17. The highest BCUT2D eigenvalue weighted by Crippen LogP contribution is 2.20. The van der Waals surface area contributed by atoms with Gasteiger partial charge < -0.3 is 20.1 Å². The second-order valence-corrected chi connectivity index (χ2v) is 7.17. The van der Waals surface area contributed by atoms with Crippen molar-refractivity contribution < 1.29 is 4.79 Å². The minimum Gasteiger partial charge on any atom is -0.359 e. The fraction of sp³-hybridized carbons (Fsp3) is 0.476. The van der Waals surface area contributed by atoms with E-state index in [0.717, 1.165) is 44.3 Å². The van der Waals surface area contributed by atoms with Crippen LogP contribution in [0.1, 0.15) is 30.7 Å². The predicted octanol–water partition coefficient (Wildman–Crippen LogP) is 1.85. The molecule has 0 saturated carbocycles. The average Bonchev–Trinajstić information content (AvgIpc) is 3.17. The standard InChI is InChI=1S/C21H30N6O/c1-22-20(28)14-17-8-11-26(12-9-17)21(23-2)25-15-19-24-10-13-27(19)16-18-6-4-3-5-7-18/h3-7,10,13,17H,8-9,11-12,14-16H2,1-2H3,(H,22,28)(H,23,25). The summed E-state index contributed by atoms with van der Waals surface area (Å²) < 4.78 is 2.16. The van der Waals surface area contributed by atoms with Gasteiger partial charge in [-0.05, 0) is 24.3 Å². The number of aromatic nitrogens is 2. The first-order valence-electron chi connectivity index (χ1n) is 9.89. The van der Waals surface area contributed by atoms with Gasteiger partial charge in [-0.1, -0.05) is 30.3 Å². The van der Waals surface area contributed by atoms with Crippen molar-refractivity contribution in [3.8, 4) is 0 Å². The largest absolute Gasteiger partial charge is 0.359 e. The lowest BCUT2D eigenvalue weighted by Crippen LogP contribution is -2.46. The van der Waals surface area contributed by atoms with E-state index < -0.39 is 0 Å². The van der Waals surface area contributed by atoms with Gasteiger partial charge in [0.2, 0.25) is 5.91 Å². The summed E-state index contributed by atoms with van der Waals surface area (Å²) in [6.45, 7) is 3.27. The van der Waals surface area contributed by atoms with Crippen LogP contribution in [0.25, 0.3) is 0 Å². The summed E-state index contributed by atoms with van der Waals surface area (Å²) in [6, 6.07) is 10.4. The van der Waals surface area contributed by atoms with Crippen molar-refractivity contribution >= 4 is 11.9 Å². The zero-order valence-corrected chi connectivity index (χ0v) is 16.8. The average molecular weight is 383 g/mol. The van der Waals surface area contributed by atoms with E-state index in [1.165, 1.54) is 5.56 Å². The van der Waals surface area contributed by atoms with Crippen LogP contribution < -0.4 is 10.6 Å². The van der Waals surface area contributed by atoms with Gasteiger partial charge in [0, 0.05) is 52.5 Å². The molecule has 0 unspecified atom stereocenters. The van der Waals surface area contributed by atoms with Crippen molar-refractivity contribution in [3.05, 3.63) is 54.1 Å². The smallest absolute Gasteiger partial charge is 0.220 e. The third kappa shape index (κ3) is 5.34. The van der Waals surface area contributed by atoms with Gasteiger partial charge in [0.25, 0.3) is 0 Å². The molecule has 0 bridgehead atoms. The molecule has 28 heavy (non-hydrogen) atoms. The van der Waals surface area contributed by atoms with E-state index in [-0.39, 0.29) is 5.91 Å². The van der Waals surface area contributed by atoms with Crippen LogP contribution >= 0.6 is 0 Å². The SMILES string of the molecule is CN=C(NCc1nccn1Cc1ccccc1)N1CCC(CC(=O)NC)CC1. The maximum atomic E-state index is 11.6. The number of carbonyl (C=O) groups excluding carboxylic acids is 1. The molecular weight excluding hydrogens is 352 g/mol. The molecule has 2 N–H and O–H groups in total. The summed E-state index contributed by atoms with van der Waals surface area (Å²) in [6.07, 6.45) is 6.49. The van der Waals surface area contributed by atoms with Gasteiger partial charge in [0.15, 0.2) is 5.96 Å². The van der Waals surface area contributed by atoms with Gasteiger partial charge in [-0.25, -0.2) is 4.98 Å². The molecule has 150 valence electrons. The minimum atomic E-state index is 0.131. The van der Waals surface area contributed by atoms with E-state index in [1.807, 2.05) is 25.5 Å². The second-order valence-electron chi connectivity index (χ2n) is 7.17. The number of likely N-dealkylation sites (tertiary alicyclic amines) is 1. The Morgan fingerprint density at radius 2 is 2.00 bits per heavy atom. The number of rotatable bonds is 6. The molecule has 2 heterocycles. The maximum Gasteiger partial charge on any atom is 0.220 e. The van der Waals surface area contributed by atoms with Crippen LogP contribution in [-0.4, -0.2) is 53.5 Å². The van der Waals surface area contributed by atoms with Crippen LogP contribution in [-0.2, 0) is 17.9 Å². The first-order valence-corrected chi connectivity index (χ1v) is 9.89. The van der Waals surface area contributed by atoms with Crippen molar-refractivity contribution in [1.82, 2.24) is 25.1 Å². The number of amides is 1. The highest BCUT2D eigenvalue weighted by atomic mass is 16.1. The number of benzene rings is 1. The van der Waals surface area contributed by atoms with Gasteiger partial charge in [-0.3, -0.25) is 9.79 Å². The molecule has 1 aliphatic heterocycles. The molecule has 0 aliphatic carbocycles. The van der Waals surface area contributed by atoms with Crippen LogP contribution in [0.5, 0.6) is 0 Å². The number of nitrogens with zero attached hydrogens (tertiary/aromatic N) is 4. The summed E-state index contributed by atoms with van der Waals surface area (Å²) in [4.78, 5) is 22.8. The Balaban J connectivity index is 1.52. The quantitative estimate of drug-likeness (QED) is 0.591. The Labute approximate surface area is 166 Å². The Bertz CT molecular complexity index is 777. The third-order valence-electron chi connectivity index (χ3n) is 5.28. The summed E-state index contributed by atoms with van der Waals surface area (Å²) in [5.74, 6) is 2.47. The molecule has 7 nitrogen and oxygen atoms in total. The monoisotopic (exact) mass is 382 g/mol. The zero-order chi connectivity index (χ0) is 19.8. The molecule has 0 radical (unpaired) electrons. The summed E-state index contributed by atoms with van der Waals surface area (Å²) in [7, 11) is 3.51. The molecule has 1 amide bonds. The van der Waals surface area contributed by atoms with Gasteiger partial charge in [-0.15, -0.1) is 0 Å². The van der Waals surface area contributed by atoms with Crippen molar-refractivity contribution in [1.29, 1.82) is 0 Å². The fourth-order valence-electron chi connectivity index (χ4n) is 3.63. The molecule has 1 aromatic carbocycles. The van der Waals surface area contributed by atoms with E-state index in [2.05, 4.69) is 54.3 Å². The molecule has 1 fully saturated rings. The number of aliphatic imine (C=N–C) groups is 1. The highest BCUT2D eigenvalue weighted by Gasteiger charge is 2.23. The second kappa shape index (κ2) is 9.92. The molecule has 0 spiro atoms. The zero-order valence-electron chi connectivity index (χ0n) is 16.8. The molecule has 3 rings (SSSR count). The number of imidazole rings is 1. The number of guanidine groups is 1. The fourth-order valence-corrected chi connectivity index (χ4v) is 3.63. The molecular formula is C21H30N6O. The highest BCUT2D eigenvalue weighted by molar-refractivity contribution is 5.80. The number of hydrogen-bond donors (Lipinski definition) is 2. The van der Waals surface area contributed by atoms with E-state index in [1.54, 1.807) is 7.05 Å². The Morgan fingerprint density at radius 3 is 2.68 bits per heavy atom. The van der Waals surface area contributed by atoms with Crippen LogP contribution in [0.15, 0.2) is 47.7 Å². The molecule has 1 saturated heterocycles. The summed E-state index contributed by atoms with van der Waals surface area (Å²) >= 11 is 0. The Kier molecular flexibility index (Phi) is 7.06. The Morgan fingerprint density at radius 1 is 1.25 bits per heavy atom. The van der Waals surface area contributed by atoms with Gasteiger partial charge >= 0.3 is 0 Å². The normalized spacial score (nSPS) is 15.5. The van der Waals surface area contributed by atoms with Crippen molar-refractivity contribution in [2.45, 2.75) is 32.4 Å². The van der Waals surface area contributed by atoms with Crippen molar-refractivity contribution in [2.24, 2.45) is 10.9 Å². The number of carbonyl (C=O) groups is 1. The molecule has 0 atom stereocenters. The Hall–Kier alpha value is -2.83. The van der Waals surface area contributed by atoms with E-state index >= 15 is 0 Å². The summed E-state index contributed by atoms with van der Waals surface area (Å²) in [5.41, 5.74) is 1.25. The lowest BCUT2D eigenvalue weighted by Gasteiger charge is -2.34. The molecule has 1 aromatic heterocycles. The lowest BCUT2D eigenvalue weighted by molar-refractivity contribution is -0.121. The van der Waals surface area contributed by atoms with E-state index in [0.29, 0.717) is 18.9 Å². The van der Waals surface area contributed by atoms with Crippen LogP contribution in [0.2, 0.25) is 0 Å². The van der Waals surface area contributed by atoms with Crippen LogP contribution in [0.4, 0.5) is 0 Å². The first-order chi connectivity index (χ1) is 13.7. The van der Waals surface area contributed by atoms with Gasteiger partial charge in [-0.2, -0.15) is 0 Å². The minimum absolute atomic E-state index is 0.131. The van der Waals surface area contributed by atoms with Crippen molar-refractivity contribution in [3.63, 3.8) is 0 Å². The first kappa shape index (κ1) is 19.9. The molecule has 7 heteroatoms. The van der Waals surface area contributed by atoms with Crippen molar-refractivity contribution in [2.75, 3.05) is 27.2 Å². The number of nitrogens with one attached hydrogen (secondary N) is 2. The topological polar surface area (TPSA) is 74.5 Å². The molecule has 2 aromatic rings. The maximum absolute atomic E-state index is 11.6. The van der Waals surface area contributed by atoms with E-state index in [4.69, 9.17) is 0 Å². The van der Waals surface area contributed by atoms with E-state index in [9.17, 15) is 4.79 Å². The van der Waals surface area contributed by atoms with Gasteiger partial charge in [0.1, 0.15) is 5.82 Å². The van der Waals surface area contributed by atoms with Crippen LogP contribution in [0.3, 0.4) is 0 Å². The third-order valence-corrected chi connectivity index (χ3v) is 5.28. The lowest BCUT2D eigenvalue weighted by atomic mass is 9.93.